The molecule has 2 heteroatoms. The number of thioether (sulfide) groups is 1. The van der Waals surface area contributed by atoms with Gasteiger partial charge in [-0.2, -0.15) is 0 Å². The fraction of sp³-hybridized carbons (Fsp3) is 0.625. The number of rotatable bonds is 9. The average Bonchev–Trinajstić information content (AvgIpc) is 2.38. The van der Waals surface area contributed by atoms with Gasteiger partial charge in [-0.25, -0.2) is 0 Å². The second-order valence-corrected chi connectivity index (χ2v) is 6.10. The molecule has 0 aliphatic heterocycles. The summed E-state index contributed by atoms with van der Waals surface area (Å²) in [6.45, 7) is 7.92. The molecule has 102 valence electrons. The highest BCUT2D eigenvalue weighted by atomic mass is 32.2. The largest absolute Gasteiger partial charge is 0.313 e. The molecule has 0 heterocycles. The van der Waals surface area contributed by atoms with Gasteiger partial charge in [0.25, 0.3) is 0 Å². The molecule has 0 amide bonds. The third-order valence-electron chi connectivity index (χ3n) is 3.16. The van der Waals surface area contributed by atoms with Crippen LogP contribution >= 0.6 is 11.8 Å². The van der Waals surface area contributed by atoms with E-state index < -0.39 is 0 Å². The standard InChI is InChI=1S/C16H27NS/c1-4-9-14(3)12-15(17-5-2)13-18-16-10-7-6-8-11-16/h6-8,10-11,14-15,17H,4-5,9,12-13H2,1-3H3. The highest BCUT2D eigenvalue weighted by Crippen LogP contribution is 2.21. The van der Waals surface area contributed by atoms with Gasteiger partial charge in [0.15, 0.2) is 0 Å². The van der Waals surface area contributed by atoms with Crippen molar-refractivity contribution in [1.82, 2.24) is 5.32 Å². The molecule has 0 spiro atoms. The minimum absolute atomic E-state index is 0.641. The Labute approximate surface area is 117 Å². The zero-order chi connectivity index (χ0) is 13.2. The molecular formula is C16H27NS. The minimum atomic E-state index is 0.641. The van der Waals surface area contributed by atoms with Gasteiger partial charge < -0.3 is 5.32 Å². The van der Waals surface area contributed by atoms with Gasteiger partial charge in [0, 0.05) is 16.7 Å². The van der Waals surface area contributed by atoms with E-state index in [1.165, 1.54) is 29.9 Å². The normalized spacial score (nSPS) is 14.4. The van der Waals surface area contributed by atoms with E-state index in [4.69, 9.17) is 0 Å². The first-order valence-corrected chi connectivity index (χ1v) is 8.16. The number of benzene rings is 1. The van der Waals surface area contributed by atoms with E-state index in [0.29, 0.717) is 6.04 Å². The first kappa shape index (κ1) is 15.6. The summed E-state index contributed by atoms with van der Waals surface area (Å²) in [5.74, 6) is 2.00. The van der Waals surface area contributed by atoms with Crippen LogP contribution in [0.15, 0.2) is 35.2 Å². The Kier molecular flexibility index (Phi) is 8.19. The molecule has 0 aromatic heterocycles. The summed E-state index contributed by atoms with van der Waals surface area (Å²) in [4.78, 5) is 1.38. The molecule has 0 aliphatic rings. The van der Waals surface area contributed by atoms with E-state index >= 15 is 0 Å². The highest BCUT2D eigenvalue weighted by Gasteiger charge is 2.12. The molecule has 18 heavy (non-hydrogen) atoms. The summed E-state index contributed by atoms with van der Waals surface area (Å²) in [6.07, 6.45) is 3.94. The molecular weight excluding hydrogens is 238 g/mol. The molecule has 0 saturated carbocycles. The number of hydrogen-bond acceptors (Lipinski definition) is 2. The monoisotopic (exact) mass is 265 g/mol. The lowest BCUT2D eigenvalue weighted by Crippen LogP contribution is -2.32. The Balaban J connectivity index is 2.37. The molecule has 1 aromatic carbocycles. The molecule has 2 unspecified atom stereocenters. The zero-order valence-electron chi connectivity index (χ0n) is 12.0. The van der Waals surface area contributed by atoms with Gasteiger partial charge in [-0.15, -0.1) is 11.8 Å². The van der Waals surface area contributed by atoms with Crippen LogP contribution < -0.4 is 5.32 Å². The summed E-state index contributed by atoms with van der Waals surface area (Å²) in [5.41, 5.74) is 0. The van der Waals surface area contributed by atoms with E-state index in [2.05, 4.69) is 56.4 Å². The SMILES string of the molecule is CCCC(C)CC(CSc1ccccc1)NCC. The lowest BCUT2D eigenvalue weighted by molar-refractivity contribution is 0.409. The van der Waals surface area contributed by atoms with Crippen LogP contribution in [0.3, 0.4) is 0 Å². The molecule has 0 saturated heterocycles. The minimum Gasteiger partial charge on any atom is -0.313 e. The lowest BCUT2D eigenvalue weighted by atomic mass is 9.98. The van der Waals surface area contributed by atoms with Crippen molar-refractivity contribution >= 4 is 11.8 Å². The van der Waals surface area contributed by atoms with Crippen molar-refractivity contribution in [3.63, 3.8) is 0 Å². The topological polar surface area (TPSA) is 12.0 Å². The molecule has 0 aliphatic carbocycles. The predicted molar refractivity (Wildman–Crippen MR) is 83.3 cm³/mol. The molecule has 1 rings (SSSR count). The lowest BCUT2D eigenvalue weighted by Gasteiger charge is -2.21. The third-order valence-corrected chi connectivity index (χ3v) is 4.33. The van der Waals surface area contributed by atoms with Gasteiger partial charge in [-0.3, -0.25) is 0 Å². The van der Waals surface area contributed by atoms with Crippen LogP contribution in [0.5, 0.6) is 0 Å². The van der Waals surface area contributed by atoms with Gasteiger partial charge >= 0.3 is 0 Å². The summed E-state index contributed by atoms with van der Waals surface area (Å²) in [5, 5.41) is 3.62. The molecule has 0 fully saturated rings. The van der Waals surface area contributed by atoms with Crippen molar-refractivity contribution in [2.45, 2.75) is 51.0 Å². The van der Waals surface area contributed by atoms with Gasteiger partial charge in [0.05, 0.1) is 0 Å². The van der Waals surface area contributed by atoms with Gasteiger partial charge in [0.2, 0.25) is 0 Å². The fourth-order valence-corrected chi connectivity index (χ4v) is 3.31. The van der Waals surface area contributed by atoms with Crippen LogP contribution in [0.2, 0.25) is 0 Å². The van der Waals surface area contributed by atoms with Crippen LogP contribution in [0.1, 0.15) is 40.0 Å². The van der Waals surface area contributed by atoms with Crippen molar-refractivity contribution < 1.29 is 0 Å². The number of nitrogens with one attached hydrogen (secondary N) is 1. The van der Waals surface area contributed by atoms with E-state index in [0.717, 1.165) is 12.5 Å². The fourth-order valence-electron chi connectivity index (χ4n) is 2.31. The summed E-state index contributed by atoms with van der Waals surface area (Å²) in [6, 6.07) is 11.3. The molecule has 0 radical (unpaired) electrons. The van der Waals surface area contributed by atoms with Crippen molar-refractivity contribution in [1.29, 1.82) is 0 Å². The van der Waals surface area contributed by atoms with Gasteiger partial charge in [-0.05, 0) is 31.0 Å². The van der Waals surface area contributed by atoms with Crippen LogP contribution in [-0.2, 0) is 0 Å². The second-order valence-electron chi connectivity index (χ2n) is 5.01. The molecule has 1 nitrogen and oxygen atoms in total. The maximum Gasteiger partial charge on any atom is 0.0164 e. The maximum atomic E-state index is 3.62. The third kappa shape index (κ3) is 6.46. The van der Waals surface area contributed by atoms with Crippen LogP contribution in [0.25, 0.3) is 0 Å². The molecule has 0 bridgehead atoms. The quantitative estimate of drug-likeness (QED) is 0.656. The Morgan fingerprint density at radius 3 is 2.50 bits per heavy atom. The Morgan fingerprint density at radius 2 is 1.89 bits per heavy atom. The molecule has 1 N–H and O–H groups in total. The van der Waals surface area contributed by atoms with E-state index in [1.807, 2.05) is 11.8 Å². The van der Waals surface area contributed by atoms with Crippen LogP contribution in [-0.4, -0.2) is 18.3 Å². The van der Waals surface area contributed by atoms with E-state index in [-0.39, 0.29) is 0 Å². The molecule has 1 aromatic rings. The Hall–Kier alpha value is -0.470. The van der Waals surface area contributed by atoms with Crippen molar-refractivity contribution in [2.75, 3.05) is 12.3 Å². The van der Waals surface area contributed by atoms with E-state index in [9.17, 15) is 0 Å². The van der Waals surface area contributed by atoms with Gasteiger partial charge in [0.1, 0.15) is 0 Å². The average molecular weight is 265 g/mol. The van der Waals surface area contributed by atoms with Gasteiger partial charge in [-0.1, -0.05) is 51.8 Å². The summed E-state index contributed by atoms with van der Waals surface area (Å²) < 4.78 is 0. The maximum absolute atomic E-state index is 3.62. The first-order valence-electron chi connectivity index (χ1n) is 7.17. The van der Waals surface area contributed by atoms with Crippen LogP contribution in [0, 0.1) is 5.92 Å². The van der Waals surface area contributed by atoms with E-state index in [1.54, 1.807) is 0 Å². The number of hydrogen-bond donors (Lipinski definition) is 1. The summed E-state index contributed by atoms with van der Waals surface area (Å²) >= 11 is 1.97. The predicted octanol–water partition coefficient (Wildman–Crippen LogP) is 4.58. The van der Waals surface area contributed by atoms with Crippen LogP contribution in [0.4, 0.5) is 0 Å². The molecule has 2 atom stereocenters. The summed E-state index contributed by atoms with van der Waals surface area (Å²) in [7, 11) is 0. The smallest absolute Gasteiger partial charge is 0.0164 e. The second kappa shape index (κ2) is 9.46. The first-order chi connectivity index (χ1) is 8.76. The van der Waals surface area contributed by atoms with Crippen molar-refractivity contribution in [3.05, 3.63) is 30.3 Å². The Morgan fingerprint density at radius 1 is 1.17 bits per heavy atom. The Bertz CT molecular complexity index is 299. The highest BCUT2D eigenvalue weighted by molar-refractivity contribution is 7.99. The van der Waals surface area contributed by atoms with Crippen molar-refractivity contribution in [3.8, 4) is 0 Å². The zero-order valence-corrected chi connectivity index (χ0v) is 12.8. The van der Waals surface area contributed by atoms with Crippen molar-refractivity contribution in [2.24, 2.45) is 5.92 Å².